The number of aliphatic hydroxyl groups excluding tert-OH is 1. The maximum Gasteiger partial charge on any atom is 0.181 e. The number of likely N-dealkylation sites (tertiary alicyclic amines) is 1. The van der Waals surface area contributed by atoms with Gasteiger partial charge in [0.15, 0.2) is 6.39 Å². The second-order valence-electron chi connectivity index (χ2n) is 3.60. The van der Waals surface area contributed by atoms with Crippen LogP contribution >= 0.6 is 0 Å². The second kappa shape index (κ2) is 3.47. The Morgan fingerprint density at radius 2 is 2.46 bits per heavy atom. The van der Waals surface area contributed by atoms with Gasteiger partial charge in [-0.1, -0.05) is 0 Å². The SMILES string of the molecule is Cc1ocnc1CN1CC(CO)C1. The summed E-state index contributed by atoms with van der Waals surface area (Å²) in [4.78, 5) is 6.37. The lowest BCUT2D eigenvalue weighted by Crippen LogP contribution is -2.47. The van der Waals surface area contributed by atoms with Crippen molar-refractivity contribution in [3.63, 3.8) is 0 Å². The molecule has 4 nitrogen and oxygen atoms in total. The molecule has 4 heteroatoms. The molecule has 1 aromatic rings. The monoisotopic (exact) mass is 182 g/mol. The zero-order chi connectivity index (χ0) is 9.26. The van der Waals surface area contributed by atoms with Crippen LogP contribution in [0, 0.1) is 12.8 Å². The van der Waals surface area contributed by atoms with E-state index in [2.05, 4.69) is 9.88 Å². The van der Waals surface area contributed by atoms with E-state index in [4.69, 9.17) is 9.52 Å². The molecule has 13 heavy (non-hydrogen) atoms. The average Bonchev–Trinajstić information content (AvgIpc) is 2.43. The van der Waals surface area contributed by atoms with E-state index < -0.39 is 0 Å². The number of nitrogens with zero attached hydrogens (tertiary/aromatic N) is 2. The van der Waals surface area contributed by atoms with Crippen LogP contribution < -0.4 is 0 Å². The van der Waals surface area contributed by atoms with E-state index in [1.807, 2.05) is 6.92 Å². The lowest BCUT2D eigenvalue weighted by molar-refractivity contribution is 0.0468. The van der Waals surface area contributed by atoms with Crippen molar-refractivity contribution in [3.05, 3.63) is 17.8 Å². The molecule has 1 fully saturated rings. The number of aliphatic hydroxyl groups is 1. The molecule has 72 valence electrons. The summed E-state index contributed by atoms with van der Waals surface area (Å²) in [5, 5.41) is 8.82. The molecular weight excluding hydrogens is 168 g/mol. The summed E-state index contributed by atoms with van der Waals surface area (Å²) < 4.78 is 5.10. The lowest BCUT2D eigenvalue weighted by Gasteiger charge is -2.37. The van der Waals surface area contributed by atoms with Gasteiger partial charge in [-0.3, -0.25) is 4.90 Å². The van der Waals surface area contributed by atoms with Gasteiger partial charge in [0.05, 0.1) is 5.69 Å². The van der Waals surface area contributed by atoms with Gasteiger partial charge in [0.1, 0.15) is 5.76 Å². The summed E-state index contributed by atoms with van der Waals surface area (Å²) >= 11 is 0. The smallest absolute Gasteiger partial charge is 0.181 e. The van der Waals surface area contributed by atoms with Crippen LogP contribution in [0.4, 0.5) is 0 Å². The van der Waals surface area contributed by atoms with Gasteiger partial charge in [0.2, 0.25) is 0 Å². The van der Waals surface area contributed by atoms with Gasteiger partial charge < -0.3 is 9.52 Å². The molecular formula is C9H14N2O2. The third kappa shape index (κ3) is 1.73. The Balaban J connectivity index is 1.84. The Labute approximate surface area is 77.2 Å². The van der Waals surface area contributed by atoms with Gasteiger partial charge in [0.25, 0.3) is 0 Å². The summed E-state index contributed by atoms with van der Waals surface area (Å²) in [5.41, 5.74) is 1.01. The second-order valence-corrected chi connectivity index (χ2v) is 3.60. The van der Waals surface area contributed by atoms with Crippen molar-refractivity contribution in [1.82, 2.24) is 9.88 Å². The maximum absolute atomic E-state index is 8.82. The fraction of sp³-hybridized carbons (Fsp3) is 0.667. The molecule has 0 amide bonds. The Hall–Kier alpha value is -0.870. The molecule has 0 aromatic carbocycles. The number of oxazole rings is 1. The van der Waals surface area contributed by atoms with Crippen molar-refractivity contribution in [1.29, 1.82) is 0 Å². The van der Waals surface area contributed by atoms with Crippen LogP contribution in [0.3, 0.4) is 0 Å². The maximum atomic E-state index is 8.82. The molecule has 0 aliphatic carbocycles. The van der Waals surface area contributed by atoms with E-state index in [0.29, 0.717) is 12.5 Å². The van der Waals surface area contributed by atoms with Crippen molar-refractivity contribution < 1.29 is 9.52 Å². The van der Waals surface area contributed by atoms with E-state index in [0.717, 1.165) is 31.1 Å². The van der Waals surface area contributed by atoms with Gasteiger partial charge in [-0.15, -0.1) is 0 Å². The molecule has 0 saturated carbocycles. The first kappa shape index (κ1) is 8.72. The van der Waals surface area contributed by atoms with Crippen LogP contribution in [-0.2, 0) is 6.54 Å². The summed E-state index contributed by atoms with van der Waals surface area (Å²) in [7, 11) is 0. The van der Waals surface area contributed by atoms with Crippen LogP contribution in [-0.4, -0.2) is 34.7 Å². The van der Waals surface area contributed by atoms with Crippen molar-refractivity contribution in [3.8, 4) is 0 Å². The quantitative estimate of drug-likeness (QED) is 0.735. The summed E-state index contributed by atoms with van der Waals surface area (Å²) in [5.74, 6) is 1.36. The molecule has 2 rings (SSSR count). The fourth-order valence-electron chi connectivity index (χ4n) is 1.61. The van der Waals surface area contributed by atoms with Crippen LogP contribution in [0.1, 0.15) is 11.5 Å². The van der Waals surface area contributed by atoms with E-state index >= 15 is 0 Å². The third-order valence-electron chi connectivity index (χ3n) is 2.51. The molecule has 0 bridgehead atoms. The predicted octanol–water partition coefficient (Wildman–Crippen LogP) is 0.407. The molecule has 1 aliphatic heterocycles. The molecule has 1 aliphatic rings. The summed E-state index contributed by atoms with van der Waals surface area (Å²) in [6.45, 7) is 5.02. The molecule has 2 heterocycles. The van der Waals surface area contributed by atoms with E-state index in [-0.39, 0.29) is 0 Å². The number of hydrogen-bond acceptors (Lipinski definition) is 4. The van der Waals surface area contributed by atoms with Crippen molar-refractivity contribution in [2.45, 2.75) is 13.5 Å². The van der Waals surface area contributed by atoms with Crippen LogP contribution in [0.25, 0.3) is 0 Å². The minimum atomic E-state index is 0.300. The number of aryl methyl sites for hydroxylation is 1. The Morgan fingerprint density at radius 1 is 1.69 bits per heavy atom. The molecule has 0 spiro atoms. The first-order valence-electron chi connectivity index (χ1n) is 4.51. The largest absolute Gasteiger partial charge is 0.448 e. The molecule has 0 atom stereocenters. The van der Waals surface area contributed by atoms with Crippen LogP contribution in [0.15, 0.2) is 10.8 Å². The fourth-order valence-corrected chi connectivity index (χ4v) is 1.61. The molecule has 0 unspecified atom stereocenters. The summed E-state index contributed by atoms with van der Waals surface area (Å²) in [6.07, 6.45) is 1.48. The highest BCUT2D eigenvalue weighted by Gasteiger charge is 2.26. The minimum Gasteiger partial charge on any atom is -0.448 e. The van der Waals surface area contributed by atoms with Gasteiger partial charge in [-0.25, -0.2) is 4.98 Å². The first-order valence-corrected chi connectivity index (χ1v) is 4.51. The van der Waals surface area contributed by atoms with E-state index in [1.165, 1.54) is 6.39 Å². The average molecular weight is 182 g/mol. The van der Waals surface area contributed by atoms with Crippen molar-refractivity contribution in [2.75, 3.05) is 19.7 Å². The molecule has 1 aromatic heterocycles. The zero-order valence-corrected chi connectivity index (χ0v) is 7.73. The van der Waals surface area contributed by atoms with Crippen molar-refractivity contribution >= 4 is 0 Å². The van der Waals surface area contributed by atoms with Crippen LogP contribution in [0.2, 0.25) is 0 Å². The normalized spacial score (nSPS) is 18.9. The Kier molecular flexibility index (Phi) is 2.33. The number of hydrogen-bond donors (Lipinski definition) is 1. The third-order valence-corrected chi connectivity index (χ3v) is 2.51. The van der Waals surface area contributed by atoms with Gasteiger partial charge >= 0.3 is 0 Å². The zero-order valence-electron chi connectivity index (χ0n) is 7.73. The Bertz CT molecular complexity index is 279. The molecule has 0 radical (unpaired) electrons. The number of rotatable bonds is 3. The molecule has 1 N–H and O–H groups in total. The minimum absolute atomic E-state index is 0.300. The molecule has 1 saturated heterocycles. The highest BCUT2D eigenvalue weighted by Crippen LogP contribution is 2.18. The highest BCUT2D eigenvalue weighted by atomic mass is 16.3. The van der Waals surface area contributed by atoms with E-state index in [1.54, 1.807) is 0 Å². The van der Waals surface area contributed by atoms with Gasteiger partial charge in [0, 0.05) is 32.2 Å². The predicted molar refractivity (Wildman–Crippen MR) is 47.1 cm³/mol. The Morgan fingerprint density at radius 3 is 3.00 bits per heavy atom. The van der Waals surface area contributed by atoms with Gasteiger partial charge in [-0.2, -0.15) is 0 Å². The van der Waals surface area contributed by atoms with Gasteiger partial charge in [-0.05, 0) is 6.92 Å². The number of aromatic nitrogens is 1. The topological polar surface area (TPSA) is 49.5 Å². The van der Waals surface area contributed by atoms with Crippen molar-refractivity contribution in [2.24, 2.45) is 5.92 Å². The first-order chi connectivity index (χ1) is 6.29. The highest BCUT2D eigenvalue weighted by molar-refractivity contribution is 5.05. The standard InChI is InChI=1S/C9H14N2O2/c1-7-9(10-6-13-7)4-11-2-8(3-11)5-12/h6,8,12H,2-5H2,1H3. The summed E-state index contributed by atoms with van der Waals surface area (Å²) in [6, 6.07) is 0. The van der Waals surface area contributed by atoms with E-state index in [9.17, 15) is 0 Å². The lowest BCUT2D eigenvalue weighted by atomic mass is 10.0. The van der Waals surface area contributed by atoms with Crippen LogP contribution in [0.5, 0.6) is 0 Å².